The SMILES string of the molecule is COc1ccccc1C(=O)OO[C]1CCC(C)CC1C. The van der Waals surface area contributed by atoms with Crippen molar-refractivity contribution in [1.29, 1.82) is 0 Å². The summed E-state index contributed by atoms with van der Waals surface area (Å²) in [6, 6.07) is 6.93. The Morgan fingerprint density at radius 2 is 2.00 bits per heavy atom. The molecule has 1 saturated carbocycles. The quantitative estimate of drug-likeness (QED) is 0.620. The normalized spacial score (nSPS) is 23.4. The lowest BCUT2D eigenvalue weighted by Crippen LogP contribution is -2.23. The summed E-state index contributed by atoms with van der Waals surface area (Å²) in [5.41, 5.74) is 0.368. The van der Waals surface area contributed by atoms with E-state index in [1.54, 1.807) is 24.3 Å². The zero-order valence-electron chi connectivity index (χ0n) is 12.2. The summed E-state index contributed by atoms with van der Waals surface area (Å²) in [7, 11) is 1.52. The van der Waals surface area contributed by atoms with Gasteiger partial charge in [-0.05, 0) is 43.2 Å². The molecule has 0 spiro atoms. The first-order chi connectivity index (χ1) is 9.61. The summed E-state index contributed by atoms with van der Waals surface area (Å²) in [6.45, 7) is 4.33. The van der Waals surface area contributed by atoms with Gasteiger partial charge in [-0.25, -0.2) is 4.79 Å². The number of rotatable bonds is 4. The second-order valence-corrected chi connectivity index (χ2v) is 5.40. The van der Waals surface area contributed by atoms with Gasteiger partial charge >= 0.3 is 5.97 Å². The molecule has 0 aromatic heterocycles. The van der Waals surface area contributed by atoms with E-state index in [1.165, 1.54) is 7.11 Å². The monoisotopic (exact) mass is 277 g/mol. The molecule has 0 heterocycles. The van der Waals surface area contributed by atoms with Crippen LogP contribution in [0, 0.1) is 17.9 Å². The van der Waals surface area contributed by atoms with Crippen molar-refractivity contribution in [1.82, 2.24) is 0 Å². The maximum Gasteiger partial charge on any atom is 0.376 e. The number of hydrogen-bond donors (Lipinski definition) is 0. The largest absolute Gasteiger partial charge is 0.496 e. The van der Waals surface area contributed by atoms with E-state index in [1.807, 2.05) is 0 Å². The van der Waals surface area contributed by atoms with Crippen LogP contribution in [0.15, 0.2) is 24.3 Å². The van der Waals surface area contributed by atoms with Gasteiger partial charge < -0.3 is 4.74 Å². The third-order valence-corrected chi connectivity index (χ3v) is 3.74. The Balaban J connectivity index is 1.92. The van der Waals surface area contributed by atoms with Crippen molar-refractivity contribution in [2.24, 2.45) is 11.8 Å². The fourth-order valence-electron chi connectivity index (χ4n) is 2.56. The van der Waals surface area contributed by atoms with Crippen molar-refractivity contribution >= 4 is 5.97 Å². The fraction of sp³-hybridized carbons (Fsp3) is 0.500. The first-order valence-electron chi connectivity index (χ1n) is 6.99. The Morgan fingerprint density at radius 1 is 1.25 bits per heavy atom. The second-order valence-electron chi connectivity index (χ2n) is 5.40. The number of carbonyl (C=O) groups is 1. The summed E-state index contributed by atoms with van der Waals surface area (Å²) in [5, 5.41) is 0. The van der Waals surface area contributed by atoms with Crippen LogP contribution >= 0.6 is 0 Å². The Bertz CT molecular complexity index is 458. The molecule has 4 heteroatoms. The number of hydrogen-bond acceptors (Lipinski definition) is 4. The molecule has 2 rings (SSSR count). The van der Waals surface area contributed by atoms with Crippen LogP contribution in [0.3, 0.4) is 0 Å². The van der Waals surface area contributed by atoms with Crippen molar-refractivity contribution in [2.75, 3.05) is 7.11 Å². The van der Waals surface area contributed by atoms with E-state index in [0.29, 0.717) is 23.1 Å². The van der Waals surface area contributed by atoms with Gasteiger partial charge in [0.25, 0.3) is 0 Å². The molecule has 109 valence electrons. The van der Waals surface area contributed by atoms with Crippen molar-refractivity contribution in [3.63, 3.8) is 0 Å². The fourth-order valence-corrected chi connectivity index (χ4v) is 2.56. The van der Waals surface area contributed by atoms with E-state index in [2.05, 4.69) is 13.8 Å². The second kappa shape index (κ2) is 6.75. The highest BCUT2D eigenvalue weighted by molar-refractivity contribution is 5.92. The van der Waals surface area contributed by atoms with Crippen LogP contribution in [0.1, 0.15) is 43.5 Å². The molecule has 0 aliphatic heterocycles. The molecule has 1 aliphatic rings. The number of ether oxygens (including phenoxy) is 1. The lowest BCUT2D eigenvalue weighted by molar-refractivity contribution is -0.247. The van der Waals surface area contributed by atoms with Gasteiger partial charge in [0.15, 0.2) is 6.10 Å². The predicted octanol–water partition coefficient (Wildman–Crippen LogP) is 3.77. The number of para-hydroxylation sites is 1. The van der Waals surface area contributed by atoms with Crippen LogP contribution in [0.2, 0.25) is 0 Å². The van der Waals surface area contributed by atoms with Gasteiger partial charge in [-0.2, -0.15) is 4.89 Å². The molecular weight excluding hydrogens is 256 g/mol. The molecule has 1 fully saturated rings. The topological polar surface area (TPSA) is 44.8 Å². The van der Waals surface area contributed by atoms with E-state index in [-0.39, 0.29) is 0 Å². The van der Waals surface area contributed by atoms with Crippen LogP contribution in [-0.4, -0.2) is 13.1 Å². The summed E-state index contributed by atoms with van der Waals surface area (Å²) in [4.78, 5) is 22.2. The molecule has 1 aliphatic carbocycles. The third kappa shape index (κ3) is 3.51. The van der Waals surface area contributed by atoms with Gasteiger partial charge in [0.05, 0.1) is 7.11 Å². The van der Waals surface area contributed by atoms with Crippen molar-refractivity contribution in [3.8, 4) is 5.75 Å². The van der Waals surface area contributed by atoms with Crippen LogP contribution in [0.25, 0.3) is 0 Å². The molecular formula is C16H21O4. The minimum absolute atomic E-state index is 0.323. The Hall–Kier alpha value is -1.55. The standard InChI is InChI=1S/C16H21O4/c1-11-8-9-14(12(2)10-11)19-20-16(17)13-6-4-5-7-15(13)18-3/h4-7,11-12H,8-10H2,1-3H3. The first-order valence-corrected chi connectivity index (χ1v) is 6.99. The zero-order valence-corrected chi connectivity index (χ0v) is 12.2. The maximum atomic E-state index is 12.0. The Morgan fingerprint density at radius 3 is 2.70 bits per heavy atom. The molecule has 2 unspecified atom stereocenters. The molecule has 1 radical (unpaired) electrons. The Kier molecular flexibility index (Phi) is 5.01. The van der Waals surface area contributed by atoms with Gasteiger partial charge in [0.1, 0.15) is 11.3 Å². The predicted molar refractivity (Wildman–Crippen MR) is 74.9 cm³/mol. The minimum atomic E-state index is -0.527. The molecule has 0 saturated heterocycles. The van der Waals surface area contributed by atoms with E-state index in [0.717, 1.165) is 25.4 Å². The number of benzene rings is 1. The summed E-state index contributed by atoms with van der Waals surface area (Å²) in [5.74, 6) is 0.976. The highest BCUT2D eigenvalue weighted by Gasteiger charge is 2.29. The van der Waals surface area contributed by atoms with E-state index < -0.39 is 5.97 Å². The van der Waals surface area contributed by atoms with Crippen LogP contribution in [-0.2, 0) is 9.78 Å². The third-order valence-electron chi connectivity index (χ3n) is 3.74. The molecule has 1 aromatic carbocycles. The summed E-state index contributed by atoms with van der Waals surface area (Å²) < 4.78 is 5.13. The molecule has 0 amide bonds. The number of carbonyl (C=O) groups excluding carboxylic acids is 1. The van der Waals surface area contributed by atoms with Gasteiger partial charge in [0, 0.05) is 0 Å². The summed E-state index contributed by atoms with van der Waals surface area (Å²) in [6.07, 6.45) is 3.85. The van der Waals surface area contributed by atoms with Crippen LogP contribution in [0.4, 0.5) is 0 Å². The summed E-state index contributed by atoms with van der Waals surface area (Å²) >= 11 is 0. The van der Waals surface area contributed by atoms with E-state index in [4.69, 9.17) is 14.5 Å². The highest BCUT2D eigenvalue weighted by Crippen LogP contribution is 2.36. The van der Waals surface area contributed by atoms with Gasteiger partial charge in [-0.3, -0.25) is 4.89 Å². The molecule has 1 aromatic rings. The minimum Gasteiger partial charge on any atom is -0.496 e. The van der Waals surface area contributed by atoms with Gasteiger partial charge in [-0.15, -0.1) is 0 Å². The van der Waals surface area contributed by atoms with Crippen LogP contribution in [0.5, 0.6) is 5.75 Å². The van der Waals surface area contributed by atoms with Gasteiger partial charge in [-0.1, -0.05) is 26.0 Å². The lowest BCUT2D eigenvalue weighted by Gasteiger charge is -2.29. The van der Waals surface area contributed by atoms with Crippen molar-refractivity contribution in [3.05, 3.63) is 35.9 Å². The highest BCUT2D eigenvalue weighted by atomic mass is 17.2. The first kappa shape index (κ1) is 14.9. The maximum absolute atomic E-state index is 12.0. The zero-order chi connectivity index (χ0) is 14.5. The average molecular weight is 277 g/mol. The lowest BCUT2D eigenvalue weighted by atomic mass is 9.81. The molecule has 2 atom stereocenters. The molecule has 20 heavy (non-hydrogen) atoms. The number of methoxy groups -OCH3 is 1. The van der Waals surface area contributed by atoms with Crippen molar-refractivity contribution < 1.29 is 19.3 Å². The average Bonchev–Trinajstić information content (AvgIpc) is 2.46. The van der Waals surface area contributed by atoms with Crippen molar-refractivity contribution in [2.45, 2.75) is 33.1 Å². The molecule has 0 bridgehead atoms. The van der Waals surface area contributed by atoms with Gasteiger partial charge in [0.2, 0.25) is 0 Å². The Labute approximate surface area is 120 Å². The van der Waals surface area contributed by atoms with E-state index >= 15 is 0 Å². The molecule has 0 N–H and O–H groups in total. The van der Waals surface area contributed by atoms with E-state index in [9.17, 15) is 4.79 Å². The smallest absolute Gasteiger partial charge is 0.376 e. The van der Waals surface area contributed by atoms with Crippen LogP contribution < -0.4 is 4.74 Å². The molecule has 4 nitrogen and oxygen atoms in total.